The fraction of sp³-hybridized carbons (Fsp3) is 0.500. The number of nitrogens with zero attached hydrogens (tertiary/aromatic N) is 1. The van der Waals surface area contributed by atoms with Crippen LogP contribution >= 0.6 is 0 Å². The normalized spacial score (nSPS) is 11.1. The van der Waals surface area contributed by atoms with E-state index < -0.39 is 0 Å². The molecule has 0 aliphatic carbocycles. The highest BCUT2D eigenvalue weighted by Crippen LogP contribution is 2.20. The molecule has 1 N–H and O–H groups in total. The van der Waals surface area contributed by atoms with Crippen molar-refractivity contribution in [1.82, 2.24) is 4.98 Å². The lowest BCUT2D eigenvalue weighted by atomic mass is 9.90. The number of amides is 1. The second-order valence-electron chi connectivity index (χ2n) is 4.82. The van der Waals surface area contributed by atoms with E-state index in [4.69, 9.17) is 0 Å². The van der Waals surface area contributed by atoms with Crippen molar-refractivity contribution >= 4 is 11.7 Å². The number of rotatable bonds is 3. The van der Waals surface area contributed by atoms with Crippen LogP contribution in [0, 0.1) is 5.41 Å². The molecular weight excluding hydrogens is 188 g/mol. The van der Waals surface area contributed by atoms with Gasteiger partial charge in [0.25, 0.3) is 0 Å². The lowest BCUT2D eigenvalue weighted by Gasteiger charge is -2.17. The summed E-state index contributed by atoms with van der Waals surface area (Å²) >= 11 is 0. The lowest BCUT2D eigenvalue weighted by molar-refractivity contribution is -0.116. The monoisotopic (exact) mass is 206 g/mol. The van der Waals surface area contributed by atoms with Gasteiger partial charge in [-0.05, 0) is 24.0 Å². The van der Waals surface area contributed by atoms with Gasteiger partial charge in [0.1, 0.15) is 5.82 Å². The average molecular weight is 206 g/mol. The number of aromatic nitrogens is 1. The molecule has 0 aromatic carbocycles. The van der Waals surface area contributed by atoms with Crippen LogP contribution in [0.15, 0.2) is 24.4 Å². The van der Waals surface area contributed by atoms with E-state index in [0.717, 1.165) is 6.42 Å². The minimum absolute atomic E-state index is 0.0311. The van der Waals surface area contributed by atoms with Crippen LogP contribution in [0.4, 0.5) is 5.82 Å². The summed E-state index contributed by atoms with van der Waals surface area (Å²) in [6.07, 6.45) is 3.09. The Balaban J connectivity index is 2.38. The Kier molecular flexibility index (Phi) is 3.83. The highest BCUT2D eigenvalue weighted by molar-refractivity contribution is 5.89. The molecule has 0 atom stereocenters. The molecule has 0 fully saturated rings. The van der Waals surface area contributed by atoms with E-state index in [1.54, 1.807) is 12.3 Å². The molecule has 0 saturated heterocycles. The molecule has 82 valence electrons. The van der Waals surface area contributed by atoms with Crippen molar-refractivity contribution < 1.29 is 4.79 Å². The van der Waals surface area contributed by atoms with Crippen LogP contribution in [-0.4, -0.2) is 10.9 Å². The van der Waals surface area contributed by atoms with Crippen molar-refractivity contribution in [3.05, 3.63) is 24.4 Å². The number of pyridine rings is 1. The summed E-state index contributed by atoms with van der Waals surface area (Å²) in [4.78, 5) is 15.5. The zero-order valence-electron chi connectivity index (χ0n) is 9.58. The Morgan fingerprint density at radius 1 is 1.40 bits per heavy atom. The fourth-order valence-electron chi connectivity index (χ4n) is 1.13. The smallest absolute Gasteiger partial charge is 0.225 e. The van der Waals surface area contributed by atoms with Gasteiger partial charge in [0.2, 0.25) is 5.91 Å². The number of carbonyl (C=O) groups excluding carboxylic acids is 1. The van der Waals surface area contributed by atoms with Gasteiger partial charge >= 0.3 is 0 Å². The van der Waals surface area contributed by atoms with E-state index in [1.165, 1.54) is 0 Å². The van der Waals surface area contributed by atoms with Gasteiger partial charge in [0, 0.05) is 12.6 Å². The summed E-state index contributed by atoms with van der Waals surface area (Å²) in [6, 6.07) is 5.46. The number of hydrogen-bond donors (Lipinski definition) is 1. The Labute approximate surface area is 90.9 Å². The van der Waals surface area contributed by atoms with Crippen LogP contribution < -0.4 is 5.32 Å². The van der Waals surface area contributed by atoms with Gasteiger partial charge in [-0.2, -0.15) is 0 Å². The first-order valence-electron chi connectivity index (χ1n) is 5.18. The Hall–Kier alpha value is -1.38. The summed E-state index contributed by atoms with van der Waals surface area (Å²) in [5, 5.41) is 2.76. The van der Waals surface area contributed by atoms with Gasteiger partial charge in [-0.15, -0.1) is 0 Å². The Morgan fingerprint density at radius 2 is 2.13 bits per heavy atom. The molecule has 0 radical (unpaired) electrons. The van der Waals surface area contributed by atoms with Crippen LogP contribution in [0.3, 0.4) is 0 Å². The summed E-state index contributed by atoms with van der Waals surface area (Å²) in [7, 11) is 0. The van der Waals surface area contributed by atoms with E-state index in [9.17, 15) is 4.79 Å². The summed E-state index contributed by atoms with van der Waals surface area (Å²) < 4.78 is 0. The molecule has 0 bridgehead atoms. The minimum Gasteiger partial charge on any atom is -0.311 e. The Bertz CT molecular complexity index is 314. The maximum absolute atomic E-state index is 11.5. The third-order valence-corrected chi connectivity index (χ3v) is 2.03. The topological polar surface area (TPSA) is 42.0 Å². The van der Waals surface area contributed by atoms with Crippen LogP contribution in [0.2, 0.25) is 0 Å². The van der Waals surface area contributed by atoms with Crippen molar-refractivity contribution in [3.63, 3.8) is 0 Å². The molecule has 1 amide bonds. The third-order valence-electron chi connectivity index (χ3n) is 2.03. The molecule has 0 saturated carbocycles. The number of nitrogens with one attached hydrogen (secondary N) is 1. The molecule has 15 heavy (non-hydrogen) atoms. The summed E-state index contributed by atoms with van der Waals surface area (Å²) in [5.74, 6) is 0.653. The second-order valence-corrected chi connectivity index (χ2v) is 4.82. The van der Waals surface area contributed by atoms with E-state index >= 15 is 0 Å². The van der Waals surface area contributed by atoms with Crippen LogP contribution in [-0.2, 0) is 4.79 Å². The zero-order valence-corrected chi connectivity index (χ0v) is 9.58. The maximum atomic E-state index is 11.5. The van der Waals surface area contributed by atoms with E-state index in [2.05, 4.69) is 31.1 Å². The fourth-order valence-corrected chi connectivity index (χ4v) is 1.13. The molecule has 0 unspecified atom stereocenters. The number of carbonyl (C=O) groups is 1. The van der Waals surface area contributed by atoms with Gasteiger partial charge in [-0.3, -0.25) is 4.79 Å². The predicted molar refractivity (Wildman–Crippen MR) is 61.6 cm³/mol. The average Bonchev–Trinajstić information content (AvgIpc) is 2.15. The standard InChI is InChI=1S/C12H18N2O/c1-12(2,3)8-7-11(15)14-10-6-4-5-9-13-10/h4-6,9H,7-8H2,1-3H3,(H,13,14,15). The summed E-state index contributed by atoms with van der Waals surface area (Å²) in [5.41, 5.74) is 0.196. The van der Waals surface area contributed by atoms with Crippen LogP contribution in [0.5, 0.6) is 0 Å². The third kappa shape index (κ3) is 5.15. The Morgan fingerprint density at radius 3 is 2.67 bits per heavy atom. The highest BCUT2D eigenvalue weighted by Gasteiger charge is 2.12. The molecular formula is C12H18N2O. The molecule has 0 spiro atoms. The quantitative estimate of drug-likeness (QED) is 0.826. The highest BCUT2D eigenvalue weighted by atomic mass is 16.1. The molecule has 3 nitrogen and oxygen atoms in total. The van der Waals surface area contributed by atoms with Crippen molar-refractivity contribution in [2.75, 3.05) is 5.32 Å². The first-order chi connectivity index (χ1) is 6.97. The van der Waals surface area contributed by atoms with Gasteiger partial charge in [0.05, 0.1) is 0 Å². The van der Waals surface area contributed by atoms with Gasteiger partial charge in [0.15, 0.2) is 0 Å². The van der Waals surface area contributed by atoms with Gasteiger partial charge < -0.3 is 5.32 Å². The predicted octanol–water partition coefficient (Wildman–Crippen LogP) is 2.85. The maximum Gasteiger partial charge on any atom is 0.225 e. The lowest BCUT2D eigenvalue weighted by Crippen LogP contribution is -2.16. The van der Waals surface area contributed by atoms with Gasteiger partial charge in [-0.1, -0.05) is 26.8 Å². The van der Waals surface area contributed by atoms with Crippen molar-refractivity contribution in [2.45, 2.75) is 33.6 Å². The van der Waals surface area contributed by atoms with E-state index in [0.29, 0.717) is 12.2 Å². The van der Waals surface area contributed by atoms with E-state index in [-0.39, 0.29) is 11.3 Å². The molecule has 0 aliphatic rings. The van der Waals surface area contributed by atoms with Crippen LogP contribution in [0.1, 0.15) is 33.6 Å². The molecule has 1 heterocycles. The molecule has 1 rings (SSSR count). The van der Waals surface area contributed by atoms with E-state index in [1.807, 2.05) is 12.1 Å². The SMILES string of the molecule is CC(C)(C)CCC(=O)Nc1ccccn1. The molecule has 1 aromatic rings. The van der Waals surface area contributed by atoms with Crippen molar-refractivity contribution in [1.29, 1.82) is 0 Å². The largest absolute Gasteiger partial charge is 0.311 e. The number of anilines is 1. The van der Waals surface area contributed by atoms with Crippen LogP contribution in [0.25, 0.3) is 0 Å². The number of hydrogen-bond acceptors (Lipinski definition) is 2. The molecule has 1 aromatic heterocycles. The summed E-state index contributed by atoms with van der Waals surface area (Å²) in [6.45, 7) is 6.38. The molecule has 0 aliphatic heterocycles. The first kappa shape index (κ1) is 11.7. The van der Waals surface area contributed by atoms with Gasteiger partial charge in [-0.25, -0.2) is 4.98 Å². The first-order valence-corrected chi connectivity index (χ1v) is 5.18. The minimum atomic E-state index is 0.0311. The van der Waals surface area contributed by atoms with Crippen molar-refractivity contribution in [2.24, 2.45) is 5.41 Å². The van der Waals surface area contributed by atoms with Crippen molar-refractivity contribution in [3.8, 4) is 0 Å². The molecule has 3 heteroatoms. The second kappa shape index (κ2) is 4.91. The zero-order chi connectivity index (χ0) is 11.3.